The van der Waals surface area contributed by atoms with Crippen LogP contribution in [0.4, 0.5) is 0 Å². The Morgan fingerprint density at radius 2 is 2.00 bits per heavy atom. The topological polar surface area (TPSA) is 52.6 Å². The number of nitrogens with one attached hydrogen (secondary N) is 1. The van der Waals surface area contributed by atoms with E-state index in [0.717, 1.165) is 32.0 Å². The zero-order chi connectivity index (χ0) is 13.9. The third-order valence-electron chi connectivity index (χ3n) is 4.33. The fraction of sp³-hybridized carbons (Fsp3) is 0.933. The van der Waals surface area contributed by atoms with Crippen molar-refractivity contribution < 1.29 is 9.90 Å². The molecule has 4 heteroatoms. The van der Waals surface area contributed by atoms with Gasteiger partial charge in [-0.2, -0.15) is 0 Å². The lowest BCUT2D eigenvalue weighted by atomic mass is 9.97. The minimum Gasteiger partial charge on any atom is -0.480 e. The van der Waals surface area contributed by atoms with E-state index in [0.29, 0.717) is 12.5 Å². The summed E-state index contributed by atoms with van der Waals surface area (Å²) in [5.74, 6) is -0.703. The standard InChI is InChI=1S/C15H28N2O2/c1-3-4-10-17(13-7-8-13)11-9-15(2,14(18)19)16-12-5-6-12/h12-13,16H,3-11H2,1-2H3,(H,18,19). The van der Waals surface area contributed by atoms with Crippen LogP contribution in [0.1, 0.15) is 58.8 Å². The maximum absolute atomic E-state index is 11.5. The second kappa shape index (κ2) is 6.23. The van der Waals surface area contributed by atoms with Gasteiger partial charge >= 0.3 is 5.97 Å². The van der Waals surface area contributed by atoms with Gasteiger partial charge < -0.3 is 10.0 Å². The van der Waals surface area contributed by atoms with Gasteiger partial charge in [0, 0.05) is 18.6 Å². The molecular formula is C15H28N2O2. The van der Waals surface area contributed by atoms with Gasteiger partial charge in [0.2, 0.25) is 0 Å². The third-order valence-corrected chi connectivity index (χ3v) is 4.33. The quantitative estimate of drug-likeness (QED) is 0.638. The van der Waals surface area contributed by atoms with E-state index in [4.69, 9.17) is 0 Å². The first-order valence-corrected chi connectivity index (χ1v) is 7.80. The summed E-state index contributed by atoms with van der Waals surface area (Å²) in [5, 5.41) is 12.8. The molecule has 2 aliphatic rings. The van der Waals surface area contributed by atoms with E-state index in [-0.39, 0.29) is 0 Å². The van der Waals surface area contributed by atoms with Crippen LogP contribution in [-0.2, 0) is 4.79 Å². The van der Waals surface area contributed by atoms with Crippen molar-refractivity contribution in [2.75, 3.05) is 13.1 Å². The molecule has 0 heterocycles. The number of aliphatic carboxylic acids is 1. The lowest BCUT2D eigenvalue weighted by Gasteiger charge is -2.30. The average molecular weight is 268 g/mol. The maximum Gasteiger partial charge on any atom is 0.323 e. The Balaban J connectivity index is 1.83. The summed E-state index contributed by atoms with van der Waals surface area (Å²) in [5.41, 5.74) is -0.749. The summed E-state index contributed by atoms with van der Waals surface area (Å²) in [7, 11) is 0. The van der Waals surface area contributed by atoms with Crippen molar-refractivity contribution in [1.29, 1.82) is 0 Å². The van der Waals surface area contributed by atoms with Crippen molar-refractivity contribution in [3.8, 4) is 0 Å². The van der Waals surface area contributed by atoms with Crippen LogP contribution in [0.15, 0.2) is 0 Å². The van der Waals surface area contributed by atoms with Crippen molar-refractivity contribution >= 4 is 5.97 Å². The fourth-order valence-electron chi connectivity index (χ4n) is 2.56. The molecule has 2 saturated carbocycles. The first-order chi connectivity index (χ1) is 9.05. The number of carboxylic acid groups (broad SMARTS) is 1. The van der Waals surface area contributed by atoms with E-state index < -0.39 is 11.5 Å². The number of hydrogen-bond donors (Lipinski definition) is 2. The molecule has 110 valence electrons. The number of hydrogen-bond acceptors (Lipinski definition) is 3. The van der Waals surface area contributed by atoms with Crippen LogP contribution in [0.25, 0.3) is 0 Å². The number of nitrogens with zero attached hydrogens (tertiary/aromatic N) is 1. The smallest absolute Gasteiger partial charge is 0.323 e. The highest BCUT2D eigenvalue weighted by atomic mass is 16.4. The Morgan fingerprint density at radius 1 is 1.32 bits per heavy atom. The van der Waals surface area contributed by atoms with Crippen LogP contribution in [0.5, 0.6) is 0 Å². The molecule has 0 amide bonds. The second-order valence-corrected chi connectivity index (χ2v) is 6.43. The Kier molecular flexibility index (Phi) is 4.85. The summed E-state index contributed by atoms with van der Waals surface area (Å²) >= 11 is 0. The van der Waals surface area contributed by atoms with Gasteiger partial charge in [-0.15, -0.1) is 0 Å². The zero-order valence-corrected chi connectivity index (χ0v) is 12.3. The van der Waals surface area contributed by atoms with E-state index in [1.165, 1.54) is 25.7 Å². The molecule has 19 heavy (non-hydrogen) atoms. The molecule has 0 aromatic rings. The second-order valence-electron chi connectivity index (χ2n) is 6.43. The fourth-order valence-corrected chi connectivity index (χ4v) is 2.56. The van der Waals surface area contributed by atoms with Gasteiger partial charge in [0.1, 0.15) is 5.54 Å². The third kappa shape index (κ3) is 4.46. The number of unbranched alkanes of at least 4 members (excludes halogenated alkanes) is 1. The van der Waals surface area contributed by atoms with Crippen LogP contribution in [0.2, 0.25) is 0 Å². The van der Waals surface area contributed by atoms with Gasteiger partial charge in [0.25, 0.3) is 0 Å². The van der Waals surface area contributed by atoms with Gasteiger partial charge in [-0.1, -0.05) is 13.3 Å². The summed E-state index contributed by atoms with van der Waals surface area (Å²) in [4.78, 5) is 14.0. The molecule has 2 aliphatic carbocycles. The maximum atomic E-state index is 11.5. The molecule has 0 spiro atoms. The van der Waals surface area contributed by atoms with Crippen LogP contribution < -0.4 is 5.32 Å². The highest BCUT2D eigenvalue weighted by Gasteiger charge is 2.39. The van der Waals surface area contributed by atoms with Gasteiger partial charge in [0.15, 0.2) is 0 Å². The number of rotatable bonds is 10. The molecule has 1 unspecified atom stereocenters. The van der Waals surface area contributed by atoms with Crippen molar-refractivity contribution in [2.45, 2.75) is 76.4 Å². The molecule has 0 radical (unpaired) electrons. The lowest BCUT2D eigenvalue weighted by molar-refractivity contribution is -0.144. The van der Waals surface area contributed by atoms with E-state index in [2.05, 4.69) is 17.1 Å². The molecule has 0 bridgehead atoms. The normalized spacial score (nSPS) is 22.5. The molecular weight excluding hydrogens is 240 g/mol. The molecule has 1 atom stereocenters. The van der Waals surface area contributed by atoms with Crippen LogP contribution >= 0.6 is 0 Å². The predicted molar refractivity (Wildman–Crippen MR) is 76.3 cm³/mol. The molecule has 4 nitrogen and oxygen atoms in total. The molecule has 0 saturated heterocycles. The lowest BCUT2D eigenvalue weighted by Crippen LogP contribution is -2.52. The van der Waals surface area contributed by atoms with Crippen molar-refractivity contribution in [3.63, 3.8) is 0 Å². The number of carboxylic acids is 1. The zero-order valence-electron chi connectivity index (χ0n) is 12.3. The molecule has 0 aromatic heterocycles. The Morgan fingerprint density at radius 3 is 2.47 bits per heavy atom. The molecule has 2 rings (SSSR count). The Bertz CT molecular complexity index is 313. The first kappa shape index (κ1) is 14.8. The molecule has 0 aromatic carbocycles. The van der Waals surface area contributed by atoms with Gasteiger partial charge in [-0.05, 0) is 52.0 Å². The SMILES string of the molecule is CCCCN(CCC(C)(NC1CC1)C(=O)O)C1CC1. The van der Waals surface area contributed by atoms with E-state index in [1.54, 1.807) is 0 Å². The minimum atomic E-state index is -0.749. The summed E-state index contributed by atoms with van der Waals surface area (Å²) in [6, 6.07) is 1.16. The number of carbonyl (C=O) groups is 1. The van der Waals surface area contributed by atoms with E-state index >= 15 is 0 Å². The highest BCUT2D eigenvalue weighted by Crippen LogP contribution is 2.29. The summed E-state index contributed by atoms with van der Waals surface area (Å²) < 4.78 is 0. The monoisotopic (exact) mass is 268 g/mol. The summed E-state index contributed by atoms with van der Waals surface area (Å²) in [6.45, 7) is 6.09. The van der Waals surface area contributed by atoms with Crippen LogP contribution in [0, 0.1) is 0 Å². The molecule has 2 N–H and O–H groups in total. The largest absolute Gasteiger partial charge is 0.480 e. The van der Waals surface area contributed by atoms with Crippen LogP contribution in [0.3, 0.4) is 0 Å². The van der Waals surface area contributed by atoms with Crippen molar-refractivity contribution in [2.24, 2.45) is 0 Å². The van der Waals surface area contributed by atoms with Crippen molar-refractivity contribution in [3.05, 3.63) is 0 Å². The van der Waals surface area contributed by atoms with Gasteiger partial charge in [-0.25, -0.2) is 0 Å². The average Bonchev–Trinajstić information content (AvgIpc) is 3.22. The Hall–Kier alpha value is -0.610. The van der Waals surface area contributed by atoms with Crippen molar-refractivity contribution in [1.82, 2.24) is 10.2 Å². The van der Waals surface area contributed by atoms with E-state index in [1.807, 2.05) is 6.92 Å². The molecule has 0 aliphatic heterocycles. The van der Waals surface area contributed by atoms with Gasteiger partial charge in [-0.3, -0.25) is 10.1 Å². The first-order valence-electron chi connectivity index (χ1n) is 7.80. The minimum absolute atomic E-state index is 0.436. The van der Waals surface area contributed by atoms with E-state index in [9.17, 15) is 9.90 Å². The summed E-state index contributed by atoms with van der Waals surface area (Å²) in [6.07, 6.45) is 7.98. The highest BCUT2D eigenvalue weighted by molar-refractivity contribution is 5.78. The predicted octanol–water partition coefficient (Wildman–Crippen LogP) is 2.24. The van der Waals surface area contributed by atoms with Crippen LogP contribution in [-0.4, -0.2) is 46.7 Å². The van der Waals surface area contributed by atoms with Gasteiger partial charge in [0.05, 0.1) is 0 Å². The Labute approximate surface area is 116 Å². The molecule has 2 fully saturated rings.